The molecule has 0 saturated heterocycles. The van der Waals surface area contributed by atoms with Crippen molar-refractivity contribution in [2.75, 3.05) is 13.1 Å². The second-order valence-corrected chi connectivity index (χ2v) is 5.39. The van der Waals surface area contributed by atoms with E-state index in [9.17, 15) is 4.39 Å². The topological polar surface area (TPSA) is 24.4 Å². The smallest absolute Gasteiger partial charge is 0.156 e. The van der Waals surface area contributed by atoms with Crippen LogP contribution in [0, 0.1) is 5.82 Å². The molecule has 1 aliphatic heterocycles. The molecular weight excluding hydrogens is 235 g/mol. The molecule has 0 radical (unpaired) electrons. The molecule has 1 unspecified atom stereocenters. The SMILES string of the molecule is CCC1CN=C(NCCc2cccc(F)c2)S1. The molecule has 4 heteroatoms. The zero-order chi connectivity index (χ0) is 12.1. The number of hydrogen-bond donors (Lipinski definition) is 1. The van der Waals surface area contributed by atoms with Gasteiger partial charge in [0.25, 0.3) is 0 Å². The van der Waals surface area contributed by atoms with E-state index >= 15 is 0 Å². The molecule has 1 aromatic carbocycles. The number of aliphatic imine (C=N–C) groups is 1. The van der Waals surface area contributed by atoms with Gasteiger partial charge in [-0.1, -0.05) is 30.8 Å². The number of rotatable bonds is 4. The van der Waals surface area contributed by atoms with Crippen molar-refractivity contribution in [1.29, 1.82) is 0 Å². The highest BCUT2D eigenvalue weighted by molar-refractivity contribution is 8.14. The van der Waals surface area contributed by atoms with Crippen LogP contribution in [0.2, 0.25) is 0 Å². The number of nitrogens with one attached hydrogen (secondary N) is 1. The molecule has 1 aliphatic rings. The van der Waals surface area contributed by atoms with Crippen molar-refractivity contribution in [3.63, 3.8) is 0 Å². The maximum atomic E-state index is 12.9. The van der Waals surface area contributed by atoms with Crippen LogP contribution < -0.4 is 5.32 Å². The summed E-state index contributed by atoms with van der Waals surface area (Å²) in [5.74, 6) is -0.166. The zero-order valence-electron chi connectivity index (χ0n) is 9.95. The summed E-state index contributed by atoms with van der Waals surface area (Å²) < 4.78 is 12.9. The Balaban J connectivity index is 1.73. The Hall–Kier alpha value is -1.03. The first-order valence-corrected chi connectivity index (χ1v) is 6.85. The number of thioether (sulfide) groups is 1. The minimum absolute atomic E-state index is 0.166. The fraction of sp³-hybridized carbons (Fsp3) is 0.462. The lowest BCUT2D eigenvalue weighted by atomic mass is 10.1. The van der Waals surface area contributed by atoms with Gasteiger partial charge in [-0.15, -0.1) is 0 Å². The summed E-state index contributed by atoms with van der Waals surface area (Å²) in [5.41, 5.74) is 1.02. The third-order valence-electron chi connectivity index (χ3n) is 2.75. The summed E-state index contributed by atoms with van der Waals surface area (Å²) in [4.78, 5) is 4.43. The Kier molecular flexibility index (Phi) is 4.42. The molecule has 1 N–H and O–H groups in total. The first-order chi connectivity index (χ1) is 8.28. The maximum Gasteiger partial charge on any atom is 0.156 e. The summed E-state index contributed by atoms with van der Waals surface area (Å²) in [6.07, 6.45) is 1.98. The zero-order valence-corrected chi connectivity index (χ0v) is 10.8. The standard InChI is InChI=1S/C13H17FN2S/c1-2-12-9-16-13(17-12)15-7-6-10-4-3-5-11(14)8-10/h3-5,8,12H,2,6-7,9H2,1H3,(H,15,16). The first kappa shape index (κ1) is 12.4. The fourth-order valence-electron chi connectivity index (χ4n) is 1.73. The fourth-order valence-corrected chi connectivity index (χ4v) is 2.70. The van der Waals surface area contributed by atoms with Gasteiger partial charge in [-0.3, -0.25) is 4.99 Å². The van der Waals surface area contributed by atoms with Crippen LogP contribution in [0.4, 0.5) is 4.39 Å². The van der Waals surface area contributed by atoms with Crippen LogP contribution in [-0.2, 0) is 6.42 Å². The molecule has 0 spiro atoms. The van der Waals surface area contributed by atoms with Crippen molar-refractivity contribution in [3.05, 3.63) is 35.6 Å². The number of benzene rings is 1. The number of hydrogen-bond acceptors (Lipinski definition) is 3. The van der Waals surface area contributed by atoms with Crippen molar-refractivity contribution >= 4 is 16.9 Å². The van der Waals surface area contributed by atoms with Gasteiger partial charge >= 0.3 is 0 Å². The van der Waals surface area contributed by atoms with Crippen LogP contribution in [-0.4, -0.2) is 23.5 Å². The molecule has 0 fully saturated rings. The van der Waals surface area contributed by atoms with Crippen molar-refractivity contribution < 1.29 is 4.39 Å². The highest BCUT2D eigenvalue weighted by atomic mass is 32.2. The molecule has 0 bridgehead atoms. The first-order valence-electron chi connectivity index (χ1n) is 5.97. The Morgan fingerprint density at radius 3 is 3.12 bits per heavy atom. The van der Waals surface area contributed by atoms with E-state index in [0.717, 1.165) is 36.7 Å². The normalized spacial score (nSPS) is 19.2. The highest BCUT2D eigenvalue weighted by Gasteiger charge is 2.16. The largest absolute Gasteiger partial charge is 0.365 e. The minimum atomic E-state index is -0.166. The maximum absolute atomic E-state index is 12.9. The van der Waals surface area contributed by atoms with Crippen molar-refractivity contribution in [1.82, 2.24) is 5.32 Å². The molecule has 2 nitrogen and oxygen atoms in total. The van der Waals surface area contributed by atoms with Crippen LogP contribution in [0.1, 0.15) is 18.9 Å². The molecule has 17 heavy (non-hydrogen) atoms. The van der Waals surface area contributed by atoms with Gasteiger partial charge in [0, 0.05) is 11.8 Å². The highest BCUT2D eigenvalue weighted by Crippen LogP contribution is 2.21. The molecule has 0 aromatic heterocycles. The Labute approximate surface area is 106 Å². The van der Waals surface area contributed by atoms with E-state index in [1.165, 1.54) is 6.07 Å². The Morgan fingerprint density at radius 2 is 2.41 bits per heavy atom. The summed E-state index contributed by atoms with van der Waals surface area (Å²) in [7, 11) is 0. The average Bonchev–Trinajstić information content (AvgIpc) is 2.77. The molecule has 1 aromatic rings. The van der Waals surface area contributed by atoms with Gasteiger partial charge in [0.05, 0.1) is 6.54 Å². The van der Waals surface area contributed by atoms with Gasteiger partial charge < -0.3 is 5.32 Å². The van der Waals surface area contributed by atoms with Crippen LogP contribution in [0.15, 0.2) is 29.3 Å². The van der Waals surface area contributed by atoms with Gasteiger partial charge in [0.2, 0.25) is 0 Å². The van der Waals surface area contributed by atoms with Crippen molar-refractivity contribution in [2.45, 2.75) is 25.0 Å². The Bertz CT molecular complexity index is 406. The van der Waals surface area contributed by atoms with Crippen LogP contribution in [0.25, 0.3) is 0 Å². The second-order valence-electron chi connectivity index (χ2n) is 4.10. The van der Waals surface area contributed by atoms with Crippen LogP contribution in [0.5, 0.6) is 0 Å². The number of amidine groups is 1. The van der Waals surface area contributed by atoms with Gasteiger partial charge in [0.1, 0.15) is 5.82 Å². The quantitative estimate of drug-likeness (QED) is 0.891. The summed E-state index contributed by atoms with van der Waals surface area (Å²) in [6.45, 7) is 3.91. The monoisotopic (exact) mass is 252 g/mol. The predicted molar refractivity (Wildman–Crippen MR) is 72.1 cm³/mol. The molecule has 0 aliphatic carbocycles. The van der Waals surface area contributed by atoms with Crippen molar-refractivity contribution in [2.24, 2.45) is 4.99 Å². The van der Waals surface area contributed by atoms with Crippen LogP contribution in [0.3, 0.4) is 0 Å². The van der Waals surface area contributed by atoms with Gasteiger partial charge in [-0.2, -0.15) is 0 Å². The predicted octanol–water partition coefficient (Wildman–Crippen LogP) is 2.84. The van der Waals surface area contributed by atoms with Gasteiger partial charge in [-0.05, 0) is 30.5 Å². The average molecular weight is 252 g/mol. The molecular formula is C13H17FN2S. The van der Waals surface area contributed by atoms with E-state index < -0.39 is 0 Å². The third-order valence-corrected chi connectivity index (χ3v) is 4.06. The molecule has 92 valence electrons. The lowest BCUT2D eigenvalue weighted by Gasteiger charge is -2.07. The third kappa shape index (κ3) is 3.73. The lowest BCUT2D eigenvalue weighted by Crippen LogP contribution is -2.22. The summed E-state index contributed by atoms with van der Waals surface area (Å²) >= 11 is 1.81. The van der Waals surface area contributed by atoms with E-state index in [1.807, 2.05) is 17.8 Å². The number of halogens is 1. The molecule has 2 rings (SSSR count). The van der Waals surface area contributed by atoms with Gasteiger partial charge in [0.15, 0.2) is 5.17 Å². The van der Waals surface area contributed by atoms with E-state index in [4.69, 9.17) is 0 Å². The molecule has 0 saturated carbocycles. The van der Waals surface area contributed by atoms with Gasteiger partial charge in [-0.25, -0.2) is 4.39 Å². The lowest BCUT2D eigenvalue weighted by molar-refractivity contribution is 0.625. The Morgan fingerprint density at radius 1 is 1.53 bits per heavy atom. The minimum Gasteiger partial charge on any atom is -0.365 e. The second kappa shape index (κ2) is 6.05. The van der Waals surface area contributed by atoms with E-state index in [1.54, 1.807) is 12.1 Å². The summed E-state index contributed by atoms with van der Waals surface area (Å²) in [5, 5.41) is 4.97. The van der Waals surface area contributed by atoms with Crippen molar-refractivity contribution in [3.8, 4) is 0 Å². The van der Waals surface area contributed by atoms with E-state index in [0.29, 0.717) is 5.25 Å². The van der Waals surface area contributed by atoms with Crippen LogP contribution >= 0.6 is 11.8 Å². The van der Waals surface area contributed by atoms with E-state index in [2.05, 4.69) is 17.2 Å². The summed E-state index contributed by atoms with van der Waals surface area (Å²) in [6, 6.07) is 6.75. The van der Waals surface area contributed by atoms with E-state index in [-0.39, 0.29) is 5.82 Å². The number of nitrogens with zero attached hydrogens (tertiary/aromatic N) is 1. The molecule has 0 amide bonds. The molecule has 1 atom stereocenters. The molecule has 1 heterocycles.